The molecule has 6 nitrogen and oxygen atoms in total. The van der Waals surface area contributed by atoms with Gasteiger partial charge in [-0.2, -0.15) is 0 Å². The van der Waals surface area contributed by atoms with Crippen molar-refractivity contribution < 1.29 is 9.47 Å². The molecule has 0 amide bonds. The lowest BCUT2D eigenvalue weighted by molar-refractivity contribution is 0.196. The van der Waals surface area contributed by atoms with E-state index >= 15 is 0 Å². The Morgan fingerprint density at radius 1 is 1.30 bits per heavy atom. The lowest BCUT2D eigenvalue weighted by atomic mass is 9.89. The Balaban J connectivity index is 1.44. The number of methoxy groups -OCH3 is 1. The van der Waals surface area contributed by atoms with Gasteiger partial charge in [0.15, 0.2) is 0 Å². The summed E-state index contributed by atoms with van der Waals surface area (Å²) in [6.45, 7) is 5.60. The molecule has 0 saturated carbocycles. The molecule has 4 rings (SSSR count). The first kappa shape index (κ1) is 20.9. The minimum absolute atomic E-state index is 0.00298. The summed E-state index contributed by atoms with van der Waals surface area (Å²) in [6, 6.07) is 7.54. The first-order valence-corrected chi connectivity index (χ1v) is 11.3. The van der Waals surface area contributed by atoms with E-state index in [9.17, 15) is 4.79 Å². The highest BCUT2D eigenvalue weighted by Gasteiger charge is 2.24. The van der Waals surface area contributed by atoms with E-state index in [0.717, 1.165) is 41.0 Å². The largest absolute Gasteiger partial charge is 0.497 e. The number of hydrogen-bond donors (Lipinski definition) is 1. The van der Waals surface area contributed by atoms with Gasteiger partial charge < -0.3 is 14.5 Å². The summed E-state index contributed by atoms with van der Waals surface area (Å²) in [5.41, 5.74) is 1.22. The summed E-state index contributed by atoms with van der Waals surface area (Å²) in [4.78, 5) is 25.1. The van der Waals surface area contributed by atoms with E-state index in [-0.39, 0.29) is 11.6 Å². The maximum Gasteiger partial charge on any atom is 0.259 e. The highest BCUT2D eigenvalue weighted by Crippen LogP contribution is 2.36. The van der Waals surface area contributed by atoms with E-state index in [1.54, 1.807) is 18.4 Å². The lowest BCUT2D eigenvalue weighted by Crippen LogP contribution is -2.29. The smallest absolute Gasteiger partial charge is 0.259 e. The van der Waals surface area contributed by atoms with Crippen molar-refractivity contribution in [2.75, 3.05) is 27.3 Å². The fourth-order valence-corrected chi connectivity index (χ4v) is 5.34. The summed E-state index contributed by atoms with van der Waals surface area (Å²) >= 11 is 1.69. The van der Waals surface area contributed by atoms with Crippen LogP contribution in [0.1, 0.15) is 42.6 Å². The summed E-state index contributed by atoms with van der Waals surface area (Å²) in [7, 11) is 3.67. The van der Waals surface area contributed by atoms with E-state index in [0.29, 0.717) is 24.9 Å². The number of thiophene rings is 1. The monoisotopic (exact) mass is 427 g/mol. The van der Waals surface area contributed by atoms with Crippen LogP contribution >= 0.6 is 11.3 Å². The van der Waals surface area contributed by atoms with Gasteiger partial charge >= 0.3 is 0 Å². The number of aromatic amines is 1. The van der Waals surface area contributed by atoms with Crippen molar-refractivity contribution in [1.82, 2.24) is 14.9 Å². The lowest BCUT2D eigenvalue weighted by Gasteiger charge is -2.23. The Morgan fingerprint density at radius 2 is 2.03 bits per heavy atom. The van der Waals surface area contributed by atoms with Gasteiger partial charge in [-0.15, -0.1) is 11.3 Å². The number of H-pyrrole nitrogens is 1. The van der Waals surface area contributed by atoms with Crippen LogP contribution in [0.4, 0.5) is 0 Å². The van der Waals surface area contributed by atoms with Gasteiger partial charge in [-0.05, 0) is 69.0 Å². The molecule has 30 heavy (non-hydrogen) atoms. The second-order valence-electron chi connectivity index (χ2n) is 8.16. The standard InChI is InChI=1S/C23H29N3O3S/c1-14-5-10-18-19(13-14)30-23-20(18)22(27)24-21(25-23)15(2)26(3)11-12-29-17-8-6-16(28-4)7-9-17/h6-9,14-15H,5,10-13H2,1-4H3,(H,24,25,27). The van der Waals surface area contributed by atoms with Crippen molar-refractivity contribution >= 4 is 21.6 Å². The SMILES string of the molecule is COc1ccc(OCCN(C)C(C)c2nc3sc4c(c3c(=O)[nH]2)CCC(C)C4)cc1. The average Bonchev–Trinajstić information content (AvgIpc) is 3.11. The van der Waals surface area contributed by atoms with E-state index in [2.05, 4.69) is 23.7 Å². The molecule has 1 aliphatic rings. The predicted molar refractivity (Wildman–Crippen MR) is 121 cm³/mol. The molecule has 0 radical (unpaired) electrons. The quantitative estimate of drug-likeness (QED) is 0.612. The number of aromatic nitrogens is 2. The van der Waals surface area contributed by atoms with Gasteiger partial charge in [0.2, 0.25) is 0 Å². The van der Waals surface area contributed by atoms with Gasteiger partial charge in [-0.25, -0.2) is 4.98 Å². The average molecular weight is 428 g/mol. The van der Waals surface area contributed by atoms with Gasteiger partial charge in [0.05, 0.1) is 18.5 Å². The second-order valence-corrected chi connectivity index (χ2v) is 9.25. The number of likely N-dealkylation sites (N-methyl/N-ethyl adjacent to an activating group) is 1. The number of rotatable bonds is 7. The van der Waals surface area contributed by atoms with Crippen molar-refractivity contribution in [3.05, 3.63) is 50.9 Å². The van der Waals surface area contributed by atoms with E-state index < -0.39 is 0 Å². The minimum atomic E-state index is -0.0142. The molecule has 0 aliphatic heterocycles. The molecule has 160 valence electrons. The van der Waals surface area contributed by atoms with Crippen LogP contribution in [0.2, 0.25) is 0 Å². The Bertz CT molecular complexity index is 1070. The number of benzene rings is 1. The molecule has 7 heteroatoms. The van der Waals surface area contributed by atoms with Crippen LogP contribution in [0.25, 0.3) is 10.2 Å². The highest BCUT2D eigenvalue weighted by atomic mass is 32.1. The van der Waals surface area contributed by atoms with Crippen molar-refractivity contribution in [2.24, 2.45) is 5.92 Å². The first-order valence-electron chi connectivity index (χ1n) is 10.5. The Morgan fingerprint density at radius 3 is 2.77 bits per heavy atom. The summed E-state index contributed by atoms with van der Waals surface area (Å²) in [5.74, 6) is 3.01. The predicted octanol–water partition coefficient (Wildman–Crippen LogP) is 4.19. The fourth-order valence-electron chi connectivity index (χ4n) is 3.95. The molecular formula is C23H29N3O3S. The van der Waals surface area contributed by atoms with Crippen molar-refractivity contribution in [3.8, 4) is 11.5 Å². The third kappa shape index (κ3) is 4.23. The van der Waals surface area contributed by atoms with Crippen LogP contribution in [-0.4, -0.2) is 42.2 Å². The molecule has 2 atom stereocenters. The fraction of sp³-hybridized carbons (Fsp3) is 0.478. The normalized spacial score (nSPS) is 17.2. The molecule has 0 fully saturated rings. The van der Waals surface area contributed by atoms with Gasteiger partial charge in [-0.1, -0.05) is 6.92 Å². The molecule has 0 bridgehead atoms. The maximum absolute atomic E-state index is 12.9. The number of hydrogen-bond acceptors (Lipinski definition) is 6. The number of fused-ring (bicyclic) bond motifs is 3. The molecule has 0 saturated heterocycles. The Kier molecular flexibility index (Phi) is 6.11. The number of nitrogens with zero attached hydrogens (tertiary/aromatic N) is 2. The highest BCUT2D eigenvalue weighted by molar-refractivity contribution is 7.18. The topological polar surface area (TPSA) is 67.5 Å². The molecule has 2 heterocycles. The zero-order chi connectivity index (χ0) is 21.3. The summed E-state index contributed by atoms with van der Waals surface area (Å²) in [6.07, 6.45) is 3.19. The van der Waals surface area contributed by atoms with Crippen LogP contribution in [0, 0.1) is 5.92 Å². The molecule has 2 aromatic heterocycles. The third-order valence-corrected chi connectivity index (χ3v) is 7.16. The molecule has 1 N–H and O–H groups in total. The van der Waals surface area contributed by atoms with E-state index in [1.165, 1.54) is 10.4 Å². The summed E-state index contributed by atoms with van der Waals surface area (Å²) < 4.78 is 11.0. The van der Waals surface area contributed by atoms with Crippen molar-refractivity contribution in [1.29, 1.82) is 0 Å². The van der Waals surface area contributed by atoms with Gasteiger partial charge in [0.1, 0.15) is 28.8 Å². The van der Waals surface area contributed by atoms with Crippen molar-refractivity contribution in [2.45, 2.75) is 39.2 Å². The van der Waals surface area contributed by atoms with E-state index in [1.807, 2.05) is 31.3 Å². The molecule has 1 aliphatic carbocycles. The van der Waals surface area contributed by atoms with Crippen LogP contribution in [0.3, 0.4) is 0 Å². The molecule has 3 aromatic rings. The molecule has 1 aromatic carbocycles. The van der Waals surface area contributed by atoms with Gasteiger partial charge in [0.25, 0.3) is 5.56 Å². The number of aryl methyl sites for hydroxylation is 1. The van der Waals surface area contributed by atoms with Crippen LogP contribution in [-0.2, 0) is 12.8 Å². The van der Waals surface area contributed by atoms with Crippen molar-refractivity contribution in [3.63, 3.8) is 0 Å². The molecule has 0 spiro atoms. The van der Waals surface area contributed by atoms with Crippen LogP contribution < -0.4 is 15.0 Å². The zero-order valence-corrected chi connectivity index (χ0v) is 18.8. The van der Waals surface area contributed by atoms with Crippen LogP contribution in [0.5, 0.6) is 11.5 Å². The summed E-state index contributed by atoms with van der Waals surface area (Å²) in [5, 5.41) is 0.809. The van der Waals surface area contributed by atoms with E-state index in [4.69, 9.17) is 14.5 Å². The van der Waals surface area contributed by atoms with Gasteiger partial charge in [0, 0.05) is 11.4 Å². The third-order valence-electron chi connectivity index (χ3n) is 6.01. The number of nitrogens with one attached hydrogen (secondary N) is 1. The molecular weight excluding hydrogens is 398 g/mol. The maximum atomic E-state index is 12.9. The first-order chi connectivity index (χ1) is 14.5. The van der Waals surface area contributed by atoms with Crippen LogP contribution in [0.15, 0.2) is 29.1 Å². The minimum Gasteiger partial charge on any atom is -0.497 e. The van der Waals surface area contributed by atoms with Gasteiger partial charge in [-0.3, -0.25) is 9.69 Å². The molecule has 2 unspecified atom stereocenters. The number of ether oxygens (including phenoxy) is 2. The Labute approximate surface area is 180 Å². The Hall–Kier alpha value is -2.38. The zero-order valence-electron chi connectivity index (χ0n) is 18.0. The second kappa shape index (κ2) is 8.78.